The van der Waals surface area contributed by atoms with Gasteiger partial charge in [-0.1, -0.05) is 23.7 Å². The molecular formula is C20H23ClN4O3S. The Morgan fingerprint density at radius 3 is 2.90 bits per heavy atom. The van der Waals surface area contributed by atoms with Crippen molar-refractivity contribution >= 4 is 21.6 Å². The smallest absolute Gasteiger partial charge is 0.246 e. The van der Waals surface area contributed by atoms with E-state index in [1.165, 1.54) is 8.99 Å². The van der Waals surface area contributed by atoms with Crippen LogP contribution < -0.4 is 0 Å². The molecule has 9 heteroatoms. The summed E-state index contributed by atoms with van der Waals surface area (Å²) in [7, 11) is -1.87. The van der Waals surface area contributed by atoms with Crippen molar-refractivity contribution in [2.75, 3.05) is 13.1 Å². The van der Waals surface area contributed by atoms with Crippen LogP contribution in [0.2, 0.25) is 5.02 Å². The molecule has 1 fully saturated rings. The number of aryl methyl sites for hydroxylation is 2. The van der Waals surface area contributed by atoms with Gasteiger partial charge in [-0.15, -0.1) is 0 Å². The standard InChI is InChI=1S/C20H23ClN4O3S/c1-14-19(13-24(2)23-14)29(26,27)25-8-4-6-16(12-25)20-22-11-18(28-20)10-15-5-3-7-17(21)9-15/h3,5,7,9,11,13,16H,4,6,8,10,12H2,1-2H3/t16-/m1/s1. The van der Waals surface area contributed by atoms with E-state index in [0.29, 0.717) is 36.1 Å². The predicted molar refractivity (Wildman–Crippen MR) is 109 cm³/mol. The van der Waals surface area contributed by atoms with Gasteiger partial charge in [0, 0.05) is 43.7 Å². The highest BCUT2D eigenvalue weighted by Gasteiger charge is 2.34. The molecule has 3 heterocycles. The van der Waals surface area contributed by atoms with Crippen molar-refractivity contribution in [2.45, 2.75) is 37.0 Å². The van der Waals surface area contributed by atoms with Crippen molar-refractivity contribution in [3.8, 4) is 0 Å². The quantitative estimate of drug-likeness (QED) is 0.613. The molecule has 0 unspecified atom stereocenters. The number of oxazole rings is 1. The van der Waals surface area contributed by atoms with Crippen LogP contribution in [-0.2, 0) is 23.5 Å². The molecule has 2 aromatic heterocycles. The third-order valence-electron chi connectivity index (χ3n) is 5.16. The summed E-state index contributed by atoms with van der Waals surface area (Å²) in [5, 5.41) is 4.85. The summed E-state index contributed by atoms with van der Waals surface area (Å²) >= 11 is 6.05. The highest BCUT2D eigenvalue weighted by molar-refractivity contribution is 7.89. The minimum atomic E-state index is -3.59. The Balaban J connectivity index is 1.50. The van der Waals surface area contributed by atoms with Crippen molar-refractivity contribution in [3.05, 3.63) is 64.6 Å². The number of aromatic nitrogens is 3. The zero-order valence-electron chi connectivity index (χ0n) is 16.4. The summed E-state index contributed by atoms with van der Waals surface area (Å²) in [6.07, 6.45) is 5.47. The van der Waals surface area contributed by atoms with E-state index in [1.54, 1.807) is 26.4 Å². The summed E-state index contributed by atoms with van der Waals surface area (Å²) < 4.78 is 35.2. The van der Waals surface area contributed by atoms with E-state index in [4.69, 9.17) is 16.0 Å². The van der Waals surface area contributed by atoms with E-state index >= 15 is 0 Å². The lowest BCUT2D eigenvalue weighted by atomic mass is 10.00. The molecular weight excluding hydrogens is 412 g/mol. The predicted octanol–water partition coefficient (Wildman–Crippen LogP) is 3.53. The Bertz CT molecular complexity index is 1120. The maximum Gasteiger partial charge on any atom is 0.246 e. The van der Waals surface area contributed by atoms with E-state index in [2.05, 4.69) is 10.1 Å². The van der Waals surface area contributed by atoms with E-state index in [0.717, 1.165) is 24.2 Å². The fourth-order valence-corrected chi connectivity index (χ4v) is 5.71. The first-order valence-corrected chi connectivity index (χ1v) is 11.3. The average molecular weight is 435 g/mol. The van der Waals surface area contributed by atoms with Gasteiger partial charge in [-0.25, -0.2) is 13.4 Å². The second kappa shape index (κ2) is 7.93. The minimum absolute atomic E-state index is 0.0661. The van der Waals surface area contributed by atoms with Gasteiger partial charge >= 0.3 is 0 Å². The Morgan fingerprint density at radius 2 is 2.17 bits per heavy atom. The second-order valence-corrected chi connectivity index (χ2v) is 9.77. The summed E-state index contributed by atoms with van der Waals surface area (Å²) in [6, 6.07) is 7.62. The van der Waals surface area contributed by atoms with Crippen LogP contribution in [0.3, 0.4) is 0 Å². The Kier molecular flexibility index (Phi) is 5.50. The fraction of sp³-hybridized carbons (Fsp3) is 0.400. The molecule has 0 radical (unpaired) electrons. The first-order valence-electron chi connectivity index (χ1n) is 9.52. The lowest BCUT2D eigenvalue weighted by Crippen LogP contribution is -2.39. The van der Waals surface area contributed by atoms with Crippen molar-refractivity contribution in [1.29, 1.82) is 0 Å². The molecule has 1 saturated heterocycles. The second-order valence-electron chi connectivity index (χ2n) is 7.43. The zero-order chi connectivity index (χ0) is 20.6. The van der Waals surface area contributed by atoms with Gasteiger partial charge < -0.3 is 4.42 Å². The number of nitrogens with zero attached hydrogens (tertiary/aromatic N) is 4. The molecule has 29 heavy (non-hydrogen) atoms. The van der Waals surface area contributed by atoms with Crippen LogP contribution in [0, 0.1) is 6.92 Å². The monoisotopic (exact) mass is 434 g/mol. The highest BCUT2D eigenvalue weighted by atomic mass is 35.5. The van der Waals surface area contributed by atoms with Crippen LogP contribution in [0.1, 0.15) is 41.7 Å². The molecule has 1 aliphatic heterocycles. The molecule has 154 valence electrons. The van der Waals surface area contributed by atoms with Gasteiger partial charge in [0.15, 0.2) is 5.89 Å². The molecule has 0 bridgehead atoms. The number of halogens is 1. The number of benzene rings is 1. The lowest BCUT2D eigenvalue weighted by molar-refractivity contribution is 0.281. The number of sulfonamides is 1. The first-order chi connectivity index (χ1) is 13.8. The maximum atomic E-state index is 13.1. The van der Waals surface area contributed by atoms with Gasteiger partial charge in [0.25, 0.3) is 0 Å². The van der Waals surface area contributed by atoms with E-state index in [9.17, 15) is 8.42 Å². The maximum absolute atomic E-state index is 13.1. The molecule has 1 aliphatic rings. The lowest BCUT2D eigenvalue weighted by Gasteiger charge is -2.30. The van der Waals surface area contributed by atoms with Crippen LogP contribution in [0.4, 0.5) is 0 Å². The molecule has 0 aliphatic carbocycles. The number of hydrogen-bond donors (Lipinski definition) is 0. The van der Waals surface area contributed by atoms with Crippen LogP contribution in [0.15, 0.2) is 46.0 Å². The Morgan fingerprint density at radius 1 is 1.34 bits per heavy atom. The Labute approximate surface area is 175 Å². The van der Waals surface area contributed by atoms with Crippen molar-refractivity contribution in [1.82, 2.24) is 19.1 Å². The van der Waals surface area contributed by atoms with Gasteiger partial charge in [0.1, 0.15) is 10.7 Å². The molecule has 1 atom stereocenters. The average Bonchev–Trinajstić information content (AvgIpc) is 3.28. The number of piperidine rings is 1. The first kappa shape index (κ1) is 20.1. The zero-order valence-corrected chi connectivity index (χ0v) is 17.9. The third kappa shape index (κ3) is 4.24. The number of rotatable bonds is 5. The third-order valence-corrected chi connectivity index (χ3v) is 7.36. The SMILES string of the molecule is Cc1nn(C)cc1S(=O)(=O)N1CCC[C@@H](c2ncc(Cc3cccc(Cl)c3)o2)C1. The van der Waals surface area contributed by atoms with Crippen molar-refractivity contribution in [2.24, 2.45) is 7.05 Å². The fourth-order valence-electron chi connectivity index (χ4n) is 3.77. The van der Waals surface area contributed by atoms with Crippen LogP contribution in [0.5, 0.6) is 0 Å². The molecule has 0 saturated carbocycles. The van der Waals surface area contributed by atoms with Crippen LogP contribution in [0.25, 0.3) is 0 Å². The summed E-state index contributed by atoms with van der Waals surface area (Å²) in [6.45, 7) is 2.56. The van der Waals surface area contributed by atoms with E-state index in [1.807, 2.05) is 24.3 Å². The molecule has 4 rings (SSSR count). The van der Waals surface area contributed by atoms with Gasteiger partial charge in [-0.05, 0) is 37.5 Å². The summed E-state index contributed by atoms with van der Waals surface area (Å²) in [4.78, 5) is 4.69. The van der Waals surface area contributed by atoms with Crippen molar-refractivity contribution in [3.63, 3.8) is 0 Å². The molecule has 0 spiro atoms. The molecule has 1 aromatic carbocycles. The van der Waals surface area contributed by atoms with Gasteiger partial charge in [0.2, 0.25) is 10.0 Å². The van der Waals surface area contributed by atoms with E-state index in [-0.39, 0.29) is 10.8 Å². The topological polar surface area (TPSA) is 81.2 Å². The summed E-state index contributed by atoms with van der Waals surface area (Å²) in [5.74, 6) is 1.26. The van der Waals surface area contributed by atoms with E-state index < -0.39 is 10.0 Å². The van der Waals surface area contributed by atoms with Gasteiger partial charge in [0.05, 0.1) is 11.9 Å². The Hall–Kier alpha value is -2.16. The number of hydrogen-bond acceptors (Lipinski definition) is 5. The molecule has 0 N–H and O–H groups in total. The summed E-state index contributed by atoms with van der Waals surface area (Å²) in [5.41, 5.74) is 1.55. The normalized spacial score (nSPS) is 18.2. The molecule has 3 aromatic rings. The van der Waals surface area contributed by atoms with Crippen LogP contribution in [-0.4, -0.2) is 40.6 Å². The molecule has 7 nitrogen and oxygen atoms in total. The van der Waals surface area contributed by atoms with Crippen LogP contribution >= 0.6 is 11.6 Å². The minimum Gasteiger partial charge on any atom is -0.445 e. The highest BCUT2D eigenvalue weighted by Crippen LogP contribution is 2.31. The van der Waals surface area contributed by atoms with Crippen molar-refractivity contribution < 1.29 is 12.8 Å². The largest absolute Gasteiger partial charge is 0.445 e. The molecule has 0 amide bonds. The van der Waals surface area contributed by atoms with Gasteiger partial charge in [-0.3, -0.25) is 4.68 Å². The van der Waals surface area contributed by atoms with Gasteiger partial charge in [-0.2, -0.15) is 9.40 Å².